The van der Waals surface area contributed by atoms with Gasteiger partial charge in [0.2, 0.25) is 0 Å². The van der Waals surface area contributed by atoms with Gasteiger partial charge in [-0.3, -0.25) is 0 Å². The van der Waals surface area contributed by atoms with Gasteiger partial charge in [-0.1, -0.05) is 180 Å². The second-order valence-electron chi connectivity index (χ2n) is 21.1. The van der Waals surface area contributed by atoms with Crippen molar-refractivity contribution in [1.29, 1.82) is 0 Å². The van der Waals surface area contributed by atoms with Crippen LogP contribution in [0.25, 0.3) is 33.4 Å². The molecule has 0 bridgehead atoms. The molecule has 0 amide bonds. The van der Waals surface area contributed by atoms with Gasteiger partial charge in [-0.15, -0.1) is 0 Å². The Morgan fingerprint density at radius 2 is 0.966 bits per heavy atom. The number of anilines is 3. The SMILES string of the molecule is CC(C)(C)c1ccc(-c2cc(-c3cc(C(C)(C)C)cc(C(C)(C)C)c3)cc(N(c3ccc(C4CCCCC4)cc3)c3ccc4c(c3)C(C)(C)c3ccccc3-4)c2)cc1. The topological polar surface area (TPSA) is 3.24 Å². The molecular weight excluding hydrogens is 699 g/mol. The van der Waals surface area contributed by atoms with Crippen LogP contribution >= 0.6 is 0 Å². The molecule has 6 aromatic rings. The molecule has 2 aliphatic rings. The lowest BCUT2D eigenvalue weighted by molar-refractivity contribution is 0.443. The Morgan fingerprint density at radius 1 is 0.431 bits per heavy atom. The van der Waals surface area contributed by atoms with E-state index < -0.39 is 0 Å². The van der Waals surface area contributed by atoms with Gasteiger partial charge in [-0.05, 0) is 144 Å². The molecule has 0 saturated heterocycles. The Hall–Kier alpha value is -4.88. The lowest BCUT2D eigenvalue weighted by Gasteiger charge is -2.30. The van der Waals surface area contributed by atoms with Crippen LogP contribution in [0, 0.1) is 0 Å². The lowest BCUT2D eigenvalue weighted by atomic mass is 9.78. The van der Waals surface area contributed by atoms with Crippen LogP contribution in [0.3, 0.4) is 0 Å². The first-order valence-corrected chi connectivity index (χ1v) is 21.9. The van der Waals surface area contributed by atoms with E-state index in [9.17, 15) is 0 Å². The summed E-state index contributed by atoms with van der Waals surface area (Å²) < 4.78 is 0. The molecule has 0 unspecified atom stereocenters. The number of nitrogens with zero attached hydrogens (tertiary/aromatic N) is 1. The van der Waals surface area contributed by atoms with Gasteiger partial charge >= 0.3 is 0 Å². The zero-order chi connectivity index (χ0) is 41.2. The van der Waals surface area contributed by atoms with Crippen molar-refractivity contribution >= 4 is 17.1 Å². The predicted octanol–water partition coefficient (Wildman–Crippen LogP) is 16.7. The van der Waals surface area contributed by atoms with Gasteiger partial charge in [-0.2, -0.15) is 0 Å². The molecule has 0 heterocycles. The fourth-order valence-corrected chi connectivity index (χ4v) is 9.51. The fraction of sp³-hybridized carbons (Fsp3) is 0.368. The van der Waals surface area contributed by atoms with Crippen molar-refractivity contribution in [2.24, 2.45) is 0 Å². The van der Waals surface area contributed by atoms with Crippen molar-refractivity contribution in [3.05, 3.63) is 161 Å². The third-order valence-corrected chi connectivity index (χ3v) is 13.3. The van der Waals surface area contributed by atoms with Crippen LogP contribution in [0.2, 0.25) is 0 Å². The first-order valence-electron chi connectivity index (χ1n) is 21.9. The lowest BCUT2D eigenvalue weighted by Crippen LogP contribution is -2.17. The summed E-state index contributed by atoms with van der Waals surface area (Å²) in [6, 6.07) is 49.7. The van der Waals surface area contributed by atoms with E-state index >= 15 is 0 Å². The van der Waals surface area contributed by atoms with Crippen LogP contribution < -0.4 is 4.90 Å². The maximum absolute atomic E-state index is 2.53. The Balaban J connectivity index is 1.36. The van der Waals surface area contributed by atoms with E-state index in [2.05, 4.69) is 208 Å². The van der Waals surface area contributed by atoms with Crippen LogP contribution in [0.1, 0.15) is 148 Å². The minimum atomic E-state index is -0.100. The quantitative estimate of drug-likeness (QED) is 0.163. The molecule has 1 heteroatoms. The van der Waals surface area contributed by atoms with Gasteiger partial charge in [0.05, 0.1) is 0 Å². The Morgan fingerprint density at radius 3 is 1.57 bits per heavy atom. The predicted molar refractivity (Wildman–Crippen MR) is 251 cm³/mol. The van der Waals surface area contributed by atoms with Crippen LogP contribution in [0.4, 0.5) is 17.1 Å². The summed E-state index contributed by atoms with van der Waals surface area (Å²) >= 11 is 0. The van der Waals surface area contributed by atoms with E-state index in [1.807, 2.05) is 0 Å². The molecular formula is C57H65N. The van der Waals surface area contributed by atoms with Gasteiger partial charge in [0.15, 0.2) is 0 Å². The highest BCUT2D eigenvalue weighted by Gasteiger charge is 2.36. The second-order valence-corrected chi connectivity index (χ2v) is 21.1. The number of benzene rings is 6. The highest BCUT2D eigenvalue weighted by Crippen LogP contribution is 2.51. The fourth-order valence-electron chi connectivity index (χ4n) is 9.51. The van der Waals surface area contributed by atoms with E-state index in [1.165, 1.54) is 116 Å². The summed E-state index contributed by atoms with van der Waals surface area (Å²) in [5.74, 6) is 0.661. The van der Waals surface area contributed by atoms with Crippen LogP contribution in [-0.4, -0.2) is 0 Å². The summed E-state index contributed by atoms with van der Waals surface area (Å²) in [6.07, 6.45) is 6.64. The zero-order valence-electron chi connectivity index (χ0n) is 37.2. The summed E-state index contributed by atoms with van der Waals surface area (Å²) in [5, 5.41) is 0. The molecule has 1 fully saturated rings. The molecule has 0 aromatic heterocycles. The number of hydrogen-bond acceptors (Lipinski definition) is 1. The molecule has 8 rings (SSSR count). The highest BCUT2D eigenvalue weighted by molar-refractivity contribution is 5.88. The average Bonchev–Trinajstić information content (AvgIpc) is 3.43. The summed E-state index contributed by atoms with van der Waals surface area (Å²) in [7, 11) is 0. The molecule has 6 aromatic carbocycles. The van der Waals surface area contributed by atoms with Gasteiger partial charge in [0.1, 0.15) is 0 Å². The Bertz CT molecular complexity index is 2400. The van der Waals surface area contributed by atoms with Crippen molar-refractivity contribution in [3.63, 3.8) is 0 Å². The van der Waals surface area contributed by atoms with E-state index in [-0.39, 0.29) is 21.7 Å². The highest BCUT2D eigenvalue weighted by atomic mass is 15.1. The number of rotatable bonds is 6. The first kappa shape index (κ1) is 39.9. The van der Waals surface area contributed by atoms with Crippen LogP contribution in [0.15, 0.2) is 127 Å². The largest absolute Gasteiger partial charge is 0.310 e. The molecule has 0 atom stereocenters. The van der Waals surface area contributed by atoms with Gasteiger partial charge in [-0.25, -0.2) is 0 Å². The third kappa shape index (κ3) is 7.70. The maximum Gasteiger partial charge on any atom is 0.0473 e. The molecule has 0 N–H and O–H groups in total. The van der Waals surface area contributed by atoms with E-state index in [0.717, 1.165) is 0 Å². The molecule has 58 heavy (non-hydrogen) atoms. The van der Waals surface area contributed by atoms with Crippen molar-refractivity contribution in [3.8, 4) is 33.4 Å². The monoisotopic (exact) mass is 764 g/mol. The summed E-state index contributed by atoms with van der Waals surface area (Å²) in [5.41, 5.74) is 19.6. The molecule has 1 nitrogen and oxygen atoms in total. The van der Waals surface area contributed by atoms with Crippen molar-refractivity contribution < 1.29 is 0 Å². The minimum absolute atomic E-state index is 0.0140. The van der Waals surface area contributed by atoms with Crippen LogP contribution in [-0.2, 0) is 21.7 Å². The smallest absolute Gasteiger partial charge is 0.0473 e. The maximum atomic E-state index is 2.53. The molecule has 1 saturated carbocycles. The molecule has 0 aliphatic heterocycles. The molecule has 2 aliphatic carbocycles. The van der Waals surface area contributed by atoms with E-state index in [1.54, 1.807) is 0 Å². The summed E-state index contributed by atoms with van der Waals surface area (Å²) in [6.45, 7) is 25.7. The number of hydrogen-bond donors (Lipinski definition) is 0. The minimum Gasteiger partial charge on any atom is -0.310 e. The normalized spacial score (nSPS) is 15.6. The standard InChI is InChI=1S/C57H65N/c1-54(2,3)44-25-21-40(22-26-44)41-31-42(43-32-45(55(4,5)6)36-46(33-43)56(7,8)9)35-49(34-41)58(47-27-23-39(24-28-47)38-17-13-12-14-18-38)48-29-30-51-50-19-15-16-20-52(50)57(10,11)53(51)37-48/h15-16,19-38H,12-14,17-18H2,1-11H3. The van der Waals surface area contributed by atoms with Gasteiger partial charge in [0, 0.05) is 22.5 Å². The first-order chi connectivity index (χ1) is 27.4. The zero-order valence-corrected chi connectivity index (χ0v) is 37.2. The Labute approximate surface area is 350 Å². The Kier molecular flexibility index (Phi) is 10.1. The van der Waals surface area contributed by atoms with Crippen molar-refractivity contribution in [2.45, 2.75) is 136 Å². The van der Waals surface area contributed by atoms with Crippen molar-refractivity contribution in [1.82, 2.24) is 0 Å². The number of fused-ring (bicyclic) bond motifs is 3. The van der Waals surface area contributed by atoms with Crippen LogP contribution in [0.5, 0.6) is 0 Å². The molecule has 0 radical (unpaired) electrons. The van der Waals surface area contributed by atoms with Gasteiger partial charge in [0.25, 0.3) is 0 Å². The van der Waals surface area contributed by atoms with E-state index in [4.69, 9.17) is 0 Å². The van der Waals surface area contributed by atoms with Crippen molar-refractivity contribution in [2.75, 3.05) is 4.90 Å². The molecule has 298 valence electrons. The second kappa shape index (κ2) is 14.7. The third-order valence-electron chi connectivity index (χ3n) is 13.3. The molecule has 0 spiro atoms. The van der Waals surface area contributed by atoms with Gasteiger partial charge < -0.3 is 4.90 Å². The summed E-state index contributed by atoms with van der Waals surface area (Å²) in [4.78, 5) is 2.53. The van der Waals surface area contributed by atoms with E-state index in [0.29, 0.717) is 5.92 Å². The average molecular weight is 764 g/mol.